The zero-order valence-corrected chi connectivity index (χ0v) is 21.0. The van der Waals surface area contributed by atoms with Crippen molar-refractivity contribution < 1.29 is 9.59 Å². The molecule has 1 amide bonds. The summed E-state index contributed by atoms with van der Waals surface area (Å²) < 4.78 is 0. The molecule has 5 nitrogen and oxygen atoms in total. The fourth-order valence-corrected chi connectivity index (χ4v) is 2.98. The van der Waals surface area contributed by atoms with E-state index in [0.29, 0.717) is 22.2 Å². The van der Waals surface area contributed by atoms with Crippen LogP contribution < -0.4 is 11.1 Å². The first-order chi connectivity index (χ1) is 15.2. The molecular formula is C26H37N3O2S. The summed E-state index contributed by atoms with van der Waals surface area (Å²) in [4.78, 5) is 26.0. The number of aromatic nitrogens is 1. The monoisotopic (exact) mass is 455 g/mol. The largest absolute Gasteiger partial charge is 0.375 e. The molecular weight excluding hydrogens is 418 g/mol. The van der Waals surface area contributed by atoms with Gasteiger partial charge >= 0.3 is 0 Å². The van der Waals surface area contributed by atoms with Crippen LogP contribution in [0.5, 0.6) is 0 Å². The Morgan fingerprint density at radius 3 is 2.41 bits per heavy atom. The topological polar surface area (TPSA) is 85.1 Å². The quantitative estimate of drug-likeness (QED) is 0.391. The van der Waals surface area contributed by atoms with Crippen molar-refractivity contribution in [2.75, 3.05) is 12.3 Å². The number of carbonyl (C=O) groups excluding carboxylic acids is 2. The minimum Gasteiger partial charge on any atom is -0.375 e. The number of amides is 1. The minimum absolute atomic E-state index is 0.111. The highest BCUT2D eigenvalue weighted by molar-refractivity contribution is 7.17. The van der Waals surface area contributed by atoms with Crippen molar-refractivity contribution in [1.82, 2.24) is 10.3 Å². The fourth-order valence-electron chi connectivity index (χ4n) is 2.23. The van der Waals surface area contributed by atoms with Gasteiger partial charge in [0.25, 0.3) is 5.91 Å². The second kappa shape index (κ2) is 17.7. The van der Waals surface area contributed by atoms with Crippen molar-refractivity contribution in [2.24, 2.45) is 0 Å². The van der Waals surface area contributed by atoms with Gasteiger partial charge in [0.2, 0.25) is 0 Å². The average Bonchev–Trinajstić information content (AvgIpc) is 2.90. The molecule has 1 aliphatic rings. The van der Waals surface area contributed by atoms with Crippen LogP contribution in [-0.4, -0.2) is 23.2 Å². The van der Waals surface area contributed by atoms with Crippen molar-refractivity contribution in [3.05, 3.63) is 82.5 Å². The molecule has 32 heavy (non-hydrogen) atoms. The fraction of sp³-hybridized carbons (Fsp3) is 0.346. The number of nitrogens with zero attached hydrogens (tertiary/aromatic N) is 1. The maximum absolute atomic E-state index is 11.9. The van der Waals surface area contributed by atoms with Gasteiger partial charge in [-0.3, -0.25) is 4.79 Å². The number of ketones is 1. The molecule has 0 radical (unpaired) electrons. The molecule has 1 aliphatic carbocycles. The third kappa shape index (κ3) is 15.8. The number of anilines is 1. The Hall–Kier alpha value is -2.99. The molecule has 0 fully saturated rings. The predicted octanol–water partition coefficient (Wildman–Crippen LogP) is 6.28. The zero-order valence-electron chi connectivity index (χ0n) is 20.1. The van der Waals surface area contributed by atoms with E-state index in [-0.39, 0.29) is 11.7 Å². The SMILES string of the molecule is C/C=C\C=CCC=C(C)C.CC(C)=O.Cc1nc(N)sc1C(=O)NCC1=CC=CC=CC1. The van der Waals surface area contributed by atoms with Gasteiger partial charge in [-0.05, 0) is 60.0 Å². The van der Waals surface area contributed by atoms with E-state index in [1.165, 1.54) is 36.3 Å². The van der Waals surface area contributed by atoms with Crippen LogP contribution in [0.4, 0.5) is 5.13 Å². The minimum atomic E-state index is -0.111. The van der Waals surface area contributed by atoms with Gasteiger partial charge in [0, 0.05) is 6.54 Å². The number of allylic oxidation sites excluding steroid dienone is 11. The maximum atomic E-state index is 11.9. The number of hydrogen-bond donors (Lipinski definition) is 2. The molecule has 0 atom stereocenters. The molecule has 2 rings (SSSR count). The Bertz CT molecular complexity index is 892. The van der Waals surface area contributed by atoms with Gasteiger partial charge in [-0.1, -0.05) is 77.7 Å². The number of hydrogen-bond acceptors (Lipinski definition) is 5. The Morgan fingerprint density at radius 2 is 1.84 bits per heavy atom. The molecule has 0 unspecified atom stereocenters. The van der Waals surface area contributed by atoms with Gasteiger partial charge in [-0.15, -0.1) is 0 Å². The normalized spacial score (nSPS) is 12.2. The van der Waals surface area contributed by atoms with E-state index in [1.807, 2.05) is 43.4 Å². The summed E-state index contributed by atoms with van der Waals surface area (Å²) in [5.41, 5.74) is 8.81. The van der Waals surface area contributed by atoms with Crippen LogP contribution in [0.15, 0.2) is 71.9 Å². The molecule has 174 valence electrons. The summed E-state index contributed by atoms with van der Waals surface area (Å²) in [6.07, 6.45) is 22.4. The Balaban J connectivity index is 0.000000581. The van der Waals surface area contributed by atoms with E-state index in [4.69, 9.17) is 5.73 Å². The van der Waals surface area contributed by atoms with Crippen LogP contribution in [-0.2, 0) is 4.79 Å². The molecule has 1 heterocycles. The number of Topliss-reactive ketones (excluding diaryl/α,β-unsaturated/α-hetero) is 1. The third-order valence-electron chi connectivity index (χ3n) is 3.67. The first-order valence-electron chi connectivity index (χ1n) is 10.6. The number of nitrogens with one attached hydrogen (secondary N) is 1. The van der Waals surface area contributed by atoms with Crippen molar-refractivity contribution >= 4 is 28.2 Å². The standard InChI is InChI=1S/C13H15N3OS.C10H16.C3H6O/c1-9-11(18-13(14)16-9)12(17)15-8-10-6-4-2-3-5-7-10;1-4-5-6-7-8-9-10(2)3;1-3(2)4/h2-6H,7-8H2,1H3,(H2,14,16)(H,15,17);4-7,9H,8H2,1-3H3;1-2H3/b;5-4-,7-6?;. The van der Waals surface area contributed by atoms with Gasteiger partial charge in [-0.25, -0.2) is 4.98 Å². The molecule has 1 aromatic heterocycles. The van der Waals surface area contributed by atoms with Crippen LogP contribution in [0.3, 0.4) is 0 Å². The summed E-state index contributed by atoms with van der Waals surface area (Å²) in [7, 11) is 0. The Labute approximate surface area is 197 Å². The lowest BCUT2D eigenvalue weighted by atomic mass is 10.2. The third-order valence-corrected chi connectivity index (χ3v) is 4.65. The first kappa shape index (κ1) is 29.0. The van der Waals surface area contributed by atoms with E-state index in [0.717, 1.165) is 12.8 Å². The zero-order chi connectivity index (χ0) is 24.4. The smallest absolute Gasteiger partial charge is 0.263 e. The molecule has 0 saturated heterocycles. The highest BCUT2D eigenvalue weighted by Gasteiger charge is 2.13. The van der Waals surface area contributed by atoms with Crippen molar-refractivity contribution in [3.63, 3.8) is 0 Å². The molecule has 0 aromatic carbocycles. The summed E-state index contributed by atoms with van der Waals surface area (Å²) in [5.74, 6) is 0.0554. The van der Waals surface area contributed by atoms with Gasteiger partial charge in [-0.2, -0.15) is 0 Å². The molecule has 0 bridgehead atoms. The van der Waals surface area contributed by atoms with E-state index < -0.39 is 0 Å². The van der Waals surface area contributed by atoms with Crippen LogP contribution in [0.1, 0.15) is 62.8 Å². The number of nitrogen functional groups attached to an aromatic ring is 1. The number of carbonyl (C=O) groups is 2. The highest BCUT2D eigenvalue weighted by Crippen LogP contribution is 2.19. The summed E-state index contributed by atoms with van der Waals surface area (Å²) in [5, 5.41) is 3.32. The molecule has 0 saturated carbocycles. The summed E-state index contributed by atoms with van der Waals surface area (Å²) in [6.45, 7) is 11.6. The van der Waals surface area contributed by atoms with Gasteiger partial charge in [0.05, 0.1) is 5.69 Å². The number of thiazole rings is 1. The van der Waals surface area contributed by atoms with Gasteiger partial charge in [0.1, 0.15) is 10.7 Å². The Morgan fingerprint density at radius 1 is 1.16 bits per heavy atom. The van der Waals surface area contributed by atoms with E-state index in [9.17, 15) is 9.59 Å². The second-order valence-electron chi connectivity index (χ2n) is 7.37. The van der Waals surface area contributed by atoms with Crippen LogP contribution in [0, 0.1) is 6.92 Å². The Kier molecular flexibility index (Phi) is 16.0. The first-order valence-corrected chi connectivity index (χ1v) is 11.4. The molecule has 1 aromatic rings. The van der Waals surface area contributed by atoms with Gasteiger partial charge < -0.3 is 15.8 Å². The summed E-state index contributed by atoms with van der Waals surface area (Å²) >= 11 is 1.22. The average molecular weight is 456 g/mol. The lowest BCUT2D eigenvalue weighted by Gasteiger charge is -2.06. The van der Waals surface area contributed by atoms with Crippen LogP contribution >= 0.6 is 11.3 Å². The number of nitrogens with two attached hydrogens (primary N) is 1. The summed E-state index contributed by atoms with van der Waals surface area (Å²) in [6, 6.07) is 0. The maximum Gasteiger partial charge on any atom is 0.263 e. The molecule has 6 heteroatoms. The number of rotatable bonds is 6. The second-order valence-corrected chi connectivity index (χ2v) is 8.40. The molecule has 0 spiro atoms. The van der Waals surface area contributed by atoms with Crippen molar-refractivity contribution in [2.45, 2.75) is 54.4 Å². The van der Waals surface area contributed by atoms with E-state index in [1.54, 1.807) is 6.92 Å². The van der Waals surface area contributed by atoms with Crippen LogP contribution in [0.2, 0.25) is 0 Å². The lowest BCUT2D eigenvalue weighted by molar-refractivity contribution is -0.115. The molecule has 3 N–H and O–H groups in total. The number of aryl methyl sites for hydroxylation is 1. The van der Waals surface area contributed by atoms with Crippen molar-refractivity contribution in [3.8, 4) is 0 Å². The molecule has 0 aliphatic heterocycles. The van der Waals surface area contributed by atoms with Gasteiger partial charge in [0.15, 0.2) is 5.13 Å². The van der Waals surface area contributed by atoms with Crippen LogP contribution in [0.25, 0.3) is 0 Å². The lowest BCUT2D eigenvalue weighted by Crippen LogP contribution is -2.25. The highest BCUT2D eigenvalue weighted by atomic mass is 32.1. The van der Waals surface area contributed by atoms with Crippen molar-refractivity contribution in [1.29, 1.82) is 0 Å². The predicted molar refractivity (Wildman–Crippen MR) is 139 cm³/mol. The van der Waals surface area contributed by atoms with E-state index in [2.05, 4.69) is 48.5 Å². The van der Waals surface area contributed by atoms with E-state index >= 15 is 0 Å².